The molecule has 4 atom stereocenters. The van der Waals surface area contributed by atoms with Crippen molar-refractivity contribution >= 4 is 43.2 Å². The van der Waals surface area contributed by atoms with Crippen molar-refractivity contribution in [2.75, 3.05) is 16.4 Å². The third kappa shape index (κ3) is 6.27. The largest absolute Gasteiger partial charge is 0.390 e. The van der Waals surface area contributed by atoms with E-state index in [1.165, 1.54) is 17.4 Å². The molecule has 0 bridgehead atoms. The smallest absolute Gasteiger partial charge is 0.225 e. The Kier molecular flexibility index (Phi) is 8.67. The molecule has 1 fully saturated rings. The van der Waals surface area contributed by atoms with Crippen molar-refractivity contribution in [2.24, 2.45) is 5.92 Å². The molecule has 0 spiro atoms. The number of pyridine rings is 1. The highest BCUT2D eigenvalue weighted by Crippen LogP contribution is 2.39. The fraction of sp³-hybridized carbons (Fsp3) is 0.290. The van der Waals surface area contributed by atoms with Gasteiger partial charge in [-0.2, -0.15) is 4.98 Å². The van der Waals surface area contributed by atoms with Crippen molar-refractivity contribution < 1.29 is 31.8 Å². The fourth-order valence-electron chi connectivity index (χ4n) is 5.60. The fourth-order valence-corrected chi connectivity index (χ4v) is 8.35. The minimum atomic E-state index is -3.91. The van der Waals surface area contributed by atoms with Crippen LogP contribution < -0.4 is 10.6 Å². The van der Waals surface area contributed by atoms with E-state index in [9.17, 15) is 31.8 Å². The Morgan fingerprint density at radius 2 is 1.65 bits per heavy atom. The Morgan fingerprint density at radius 3 is 2.35 bits per heavy atom. The van der Waals surface area contributed by atoms with Gasteiger partial charge in [-0.05, 0) is 62.7 Å². The molecule has 6 rings (SSSR count). The number of nitrogens with one attached hydrogen (secondary N) is 2. The number of thiazole rings is 1. The van der Waals surface area contributed by atoms with Crippen LogP contribution in [0.4, 0.5) is 24.9 Å². The van der Waals surface area contributed by atoms with Gasteiger partial charge in [0.25, 0.3) is 0 Å². The Balaban J connectivity index is 1.33. The standard InChI is InChI=1S/C31H29F3N6O4S2/c1-15-25(30-39-26-16(2)35-11-10-24(26)45-30)29(40-31(37-15)36-13-20-21(33)4-3-5-22(20)34)38-23-12-17(27(41)28(23)42)14-46(43,44)19-8-6-18(32)7-9-19/h3-11,17,23,27-28,41-42H,12-14H2,1-2H3,(H2,36,37,38,40)/t17-,23-,27-,28+/m1/s1. The maximum absolute atomic E-state index is 14.3. The van der Waals surface area contributed by atoms with Crippen LogP contribution in [0.5, 0.6) is 0 Å². The van der Waals surface area contributed by atoms with Gasteiger partial charge in [-0.1, -0.05) is 6.07 Å². The molecule has 0 saturated heterocycles. The Bertz CT molecular complexity index is 2010. The van der Waals surface area contributed by atoms with Crippen LogP contribution in [0.2, 0.25) is 0 Å². The minimum Gasteiger partial charge on any atom is -0.390 e. The Morgan fingerprint density at radius 1 is 0.935 bits per heavy atom. The number of hydrogen-bond acceptors (Lipinski definition) is 11. The van der Waals surface area contributed by atoms with E-state index in [-0.39, 0.29) is 35.2 Å². The molecule has 46 heavy (non-hydrogen) atoms. The molecule has 15 heteroatoms. The molecular formula is C31H29F3N6O4S2. The van der Waals surface area contributed by atoms with Crippen molar-refractivity contribution in [3.63, 3.8) is 0 Å². The van der Waals surface area contributed by atoms with Crippen LogP contribution in [0.3, 0.4) is 0 Å². The van der Waals surface area contributed by atoms with Gasteiger partial charge in [0.1, 0.15) is 39.9 Å². The lowest BCUT2D eigenvalue weighted by Crippen LogP contribution is -2.36. The number of aliphatic hydroxyl groups excluding tert-OH is 2. The van der Waals surface area contributed by atoms with Gasteiger partial charge in [0.15, 0.2) is 9.84 Å². The van der Waals surface area contributed by atoms with Crippen molar-refractivity contribution in [1.29, 1.82) is 0 Å². The number of aromatic nitrogens is 4. The summed E-state index contributed by atoms with van der Waals surface area (Å²) >= 11 is 1.37. The van der Waals surface area contributed by atoms with Crippen molar-refractivity contribution in [1.82, 2.24) is 19.9 Å². The first-order valence-electron chi connectivity index (χ1n) is 14.3. The topological polar surface area (TPSA) is 150 Å². The predicted octanol–water partition coefficient (Wildman–Crippen LogP) is 4.79. The van der Waals surface area contributed by atoms with Gasteiger partial charge in [-0.3, -0.25) is 4.98 Å². The number of sulfone groups is 1. The summed E-state index contributed by atoms with van der Waals surface area (Å²) < 4.78 is 69.0. The molecule has 0 amide bonds. The molecule has 2 aromatic carbocycles. The van der Waals surface area contributed by atoms with Gasteiger partial charge in [-0.25, -0.2) is 31.6 Å². The Hall–Kier alpha value is -4.18. The molecule has 0 radical (unpaired) electrons. The molecule has 1 aliphatic carbocycles. The third-order valence-corrected chi connectivity index (χ3v) is 10.9. The van der Waals surface area contributed by atoms with E-state index in [4.69, 9.17) is 4.98 Å². The van der Waals surface area contributed by atoms with E-state index in [1.807, 2.05) is 13.0 Å². The van der Waals surface area contributed by atoms with Gasteiger partial charge in [0.05, 0.1) is 44.4 Å². The van der Waals surface area contributed by atoms with Gasteiger partial charge in [0, 0.05) is 24.2 Å². The third-order valence-electron chi connectivity index (χ3n) is 8.01. The lowest BCUT2D eigenvalue weighted by atomic mass is 10.1. The summed E-state index contributed by atoms with van der Waals surface area (Å²) in [5.41, 5.74) is 2.16. The quantitative estimate of drug-likeness (QED) is 0.161. The number of nitrogens with zero attached hydrogens (tertiary/aromatic N) is 4. The van der Waals surface area contributed by atoms with Crippen molar-refractivity contribution in [3.05, 3.63) is 89.1 Å². The maximum Gasteiger partial charge on any atom is 0.225 e. The number of fused-ring (bicyclic) bond motifs is 1. The molecule has 3 heterocycles. The monoisotopic (exact) mass is 670 g/mol. The number of halogens is 3. The van der Waals surface area contributed by atoms with E-state index in [1.54, 1.807) is 13.1 Å². The van der Waals surface area contributed by atoms with E-state index < -0.39 is 57.2 Å². The molecule has 10 nitrogen and oxygen atoms in total. The van der Waals surface area contributed by atoms with Crippen LogP contribution in [0.1, 0.15) is 23.4 Å². The number of anilines is 2. The van der Waals surface area contributed by atoms with Crippen LogP contribution in [0.15, 0.2) is 59.6 Å². The van der Waals surface area contributed by atoms with Crippen LogP contribution in [-0.2, 0) is 16.4 Å². The minimum absolute atomic E-state index is 0.0360. The predicted molar refractivity (Wildman–Crippen MR) is 168 cm³/mol. The first-order chi connectivity index (χ1) is 21.9. The van der Waals surface area contributed by atoms with Crippen LogP contribution in [0, 0.1) is 37.2 Å². The zero-order valence-electron chi connectivity index (χ0n) is 24.6. The second-order valence-corrected chi connectivity index (χ2v) is 14.2. The Labute approximate surface area is 266 Å². The number of rotatable bonds is 9. The van der Waals surface area contributed by atoms with E-state index in [0.717, 1.165) is 46.8 Å². The van der Waals surface area contributed by atoms with Crippen molar-refractivity contribution in [2.45, 2.75) is 50.0 Å². The molecule has 0 unspecified atom stereocenters. The highest BCUT2D eigenvalue weighted by molar-refractivity contribution is 7.91. The molecule has 3 aromatic heterocycles. The molecular weight excluding hydrogens is 642 g/mol. The summed E-state index contributed by atoms with van der Waals surface area (Å²) in [6, 6.07) is 8.94. The number of benzene rings is 2. The average molecular weight is 671 g/mol. The molecule has 240 valence electrons. The second-order valence-electron chi connectivity index (χ2n) is 11.1. The van der Waals surface area contributed by atoms with Crippen LogP contribution in [0.25, 0.3) is 20.8 Å². The lowest BCUT2D eigenvalue weighted by Gasteiger charge is -2.21. The van der Waals surface area contributed by atoms with Crippen molar-refractivity contribution in [3.8, 4) is 10.6 Å². The van der Waals surface area contributed by atoms with Gasteiger partial charge < -0.3 is 20.8 Å². The highest BCUT2D eigenvalue weighted by atomic mass is 32.2. The molecule has 5 aromatic rings. The molecule has 4 N–H and O–H groups in total. The summed E-state index contributed by atoms with van der Waals surface area (Å²) in [6.07, 6.45) is -1.04. The number of hydrogen-bond donors (Lipinski definition) is 4. The van der Waals surface area contributed by atoms with Gasteiger partial charge in [0.2, 0.25) is 5.95 Å². The van der Waals surface area contributed by atoms with Crippen LogP contribution in [-0.4, -0.2) is 62.6 Å². The van der Waals surface area contributed by atoms with Gasteiger partial charge in [-0.15, -0.1) is 11.3 Å². The second kappa shape index (κ2) is 12.5. The summed E-state index contributed by atoms with van der Waals surface area (Å²) in [5.74, 6) is -3.13. The first kappa shape index (κ1) is 31.8. The zero-order chi connectivity index (χ0) is 32.7. The van der Waals surface area contributed by atoms with E-state index in [0.29, 0.717) is 21.8 Å². The molecule has 1 saturated carbocycles. The zero-order valence-corrected chi connectivity index (χ0v) is 26.2. The summed E-state index contributed by atoms with van der Waals surface area (Å²) in [4.78, 5) is 18.1. The lowest BCUT2D eigenvalue weighted by molar-refractivity contribution is 0.0216. The van der Waals surface area contributed by atoms with E-state index >= 15 is 0 Å². The summed E-state index contributed by atoms with van der Waals surface area (Å²) in [6.45, 7) is 3.29. The first-order valence-corrected chi connectivity index (χ1v) is 16.8. The maximum atomic E-state index is 14.3. The normalized spacial score (nSPS) is 19.9. The van der Waals surface area contributed by atoms with Gasteiger partial charge >= 0.3 is 0 Å². The van der Waals surface area contributed by atoms with Crippen LogP contribution >= 0.6 is 11.3 Å². The average Bonchev–Trinajstić information content (AvgIpc) is 3.54. The summed E-state index contributed by atoms with van der Waals surface area (Å²) in [5, 5.41) is 28.5. The highest BCUT2D eigenvalue weighted by Gasteiger charge is 2.44. The summed E-state index contributed by atoms with van der Waals surface area (Å²) in [7, 11) is -3.91. The molecule has 0 aliphatic heterocycles. The molecule has 1 aliphatic rings. The number of aryl methyl sites for hydroxylation is 2. The SMILES string of the molecule is Cc1nc(NCc2c(F)cccc2F)nc(N[C@@H]2C[C@H](CS(=O)(=O)c3ccc(F)cc3)[C@@H](O)[C@H]2O)c1-c1nc2c(C)nccc2s1. The van der Waals surface area contributed by atoms with E-state index in [2.05, 4.69) is 25.6 Å². The number of aliphatic hydroxyl groups is 2.